The van der Waals surface area contributed by atoms with E-state index in [1.807, 2.05) is 6.07 Å². The van der Waals surface area contributed by atoms with Gasteiger partial charge in [-0.3, -0.25) is 9.40 Å². The van der Waals surface area contributed by atoms with Crippen molar-refractivity contribution in [2.45, 2.75) is 11.8 Å². The number of benzene rings is 1. The molecule has 9 heteroatoms. The minimum atomic E-state index is -3.95. The average molecular weight is 326 g/mol. The Morgan fingerprint density at radius 2 is 2.14 bits per heavy atom. The average Bonchev–Trinajstić information content (AvgIpc) is 2.66. The van der Waals surface area contributed by atoms with Gasteiger partial charge in [-0.25, -0.2) is 8.42 Å². The highest BCUT2D eigenvalue weighted by Crippen LogP contribution is 2.28. The molecular formula is C12H12ClN5O2S. The first kappa shape index (κ1) is 15.2. The zero-order valence-corrected chi connectivity index (χ0v) is 12.8. The third-order valence-electron chi connectivity index (χ3n) is 2.91. The maximum atomic E-state index is 12.4. The van der Waals surface area contributed by atoms with Gasteiger partial charge in [-0.1, -0.05) is 11.6 Å². The predicted molar refractivity (Wildman–Crippen MR) is 79.3 cm³/mol. The molecule has 0 aliphatic heterocycles. The topological polar surface area (TPSA) is 114 Å². The molecule has 2 aromatic rings. The van der Waals surface area contributed by atoms with E-state index in [1.165, 1.54) is 22.9 Å². The van der Waals surface area contributed by atoms with Crippen molar-refractivity contribution in [1.82, 2.24) is 9.78 Å². The first-order valence-electron chi connectivity index (χ1n) is 5.78. The van der Waals surface area contributed by atoms with Crippen LogP contribution in [0.1, 0.15) is 11.3 Å². The molecule has 110 valence electrons. The summed E-state index contributed by atoms with van der Waals surface area (Å²) in [6.07, 6.45) is 0. The highest BCUT2D eigenvalue weighted by atomic mass is 35.5. The molecule has 0 saturated carbocycles. The van der Waals surface area contributed by atoms with E-state index in [-0.39, 0.29) is 27.0 Å². The molecule has 1 heterocycles. The maximum absolute atomic E-state index is 12.4. The Hall–Kier alpha value is -2.24. The summed E-state index contributed by atoms with van der Waals surface area (Å²) >= 11 is 5.94. The first-order chi connectivity index (χ1) is 9.76. The molecule has 0 bridgehead atoms. The number of anilines is 2. The molecule has 7 nitrogen and oxygen atoms in total. The molecule has 0 atom stereocenters. The molecule has 3 N–H and O–H groups in total. The number of nitrogens with two attached hydrogens (primary N) is 1. The lowest BCUT2D eigenvalue weighted by molar-refractivity contribution is 0.600. The number of aryl methyl sites for hydroxylation is 1. The number of nitriles is 1. The minimum absolute atomic E-state index is 0.102. The number of hydrogen-bond donors (Lipinski definition) is 2. The van der Waals surface area contributed by atoms with Crippen LogP contribution in [-0.4, -0.2) is 18.2 Å². The molecule has 0 spiro atoms. The Morgan fingerprint density at radius 1 is 1.48 bits per heavy atom. The summed E-state index contributed by atoms with van der Waals surface area (Å²) in [4.78, 5) is -0.108. The Bertz CT molecular complexity index is 851. The van der Waals surface area contributed by atoms with Gasteiger partial charge in [0.05, 0.1) is 28.0 Å². The van der Waals surface area contributed by atoms with Crippen LogP contribution in [0, 0.1) is 18.3 Å². The van der Waals surface area contributed by atoms with Gasteiger partial charge in [-0.05, 0) is 25.1 Å². The molecule has 1 aromatic carbocycles. The standard InChI is InChI=1S/C12H12ClN5O2S/c1-7-11(12(15)16-18(7)2)21(19,20)17-10-5-8(6-14)3-4-9(10)13/h3-5,17H,1-2H3,(H2,15,16). The van der Waals surface area contributed by atoms with Crippen LogP contribution in [-0.2, 0) is 17.1 Å². The number of halogens is 1. The third-order valence-corrected chi connectivity index (χ3v) is 4.77. The van der Waals surface area contributed by atoms with Gasteiger partial charge in [0.25, 0.3) is 10.0 Å². The molecule has 0 saturated heterocycles. The van der Waals surface area contributed by atoms with E-state index in [1.54, 1.807) is 14.0 Å². The number of aromatic nitrogens is 2. The zero-order valence-electron chi connectivity index (χ0n) is 11.3. The predicted octanol–water partition coefficient (Wildman–Crippen LogP) is 1.64. The van der Waals surface area contributed by atoms with E-state index in [0.29, 0.717) is 5.69 Å². The molecule has 0 amide bonds. The smallest absolute Gasteiger partial charge is 0.267 e. The third kappa shape index (κ3) is 2.79. The Balaban J connectivity index is 2.50. The zero-order chi connectivity index (χ0) is 15.8. The molecule has 0 radical (unpaired) electrons. The van der Waals surface area contributed by atoms with Crippen molar-refractivity contribution in [2.24, 2.45) is 7.05 Å². The SMILES string of the molecule is Cc1c(S(=O)(=O)Nc2cc(C#N)ccc2Cl)c(N)nn1C. The first-order valence-corrected chi connectivity index (χ1v) is 7.64. The Morgan fingerprint density at radius 3 is 2.67 bits per heavy atom. The minimum Gasteiger partial charge on any atom is -0.381 e. The Labute approximate surface area is 127 Å². The highest BCUT2D eigenvalue weighted by Gasteiger charge is 2.25. The van der Waals surface area contributed by atoms with Gasteiger partial charge >= 0.3 is 0 Å². The summed E-state index contributed by atoms with van der Waals surface area (Å²) in [5.41, 5.74) is 6.43. The van der Waals surface area contributed by atoms with Gasteiger partial charge in [0.15, 0.2) is 10.7 Å². The molecule has 2 rings (SSSR count). The highest BCUT2D eigenvalue weighted by molar-refractivity contribution is 7.93. The summed E-state index contributed by atoms with van der Waals surface area (Å²) in [6, 6.07) is 6.19. The van der Waals surface area contributed by atoms with Crippen LogP contribution in [0.3, 0.4) is 0 Å². The van der Waals surface area contributed by atoms with Crippen LogP contribution in [0.15, 0.2) is 23.1 Å². The van der Waals surface area contributed by atoms with Crippen LogP contribution in [0.2, 0.25) is 5.02 Å². The summed E-state index contributed by atoms with van der Waals surface area (Å²) in [5.74, 6) is -0.102. The number of nitrogens with zero attached hydrogens (tertiary/aromatic N) is 3. The van der Waals surface area contributed by atoms with Crippen molar-refractivity contribution in [3.8, 4) is 6.07 Å². The fourth-order valence-corrected chi connectivity index (χ4v) is 3.43. The van der Waals surface area contributed by atoms with Crippen molar-refractivity contribution in [1.29, 1.82) is 5.26 Å². The fraction of sp³-hybridized carbons (Fsp3) is 0.167. The molecular weight excluding hydrogens is 314 g/mol. The second-order valence-corrected chi connectivity index (χ2v) is 6.36. The van der Waals surface area contributed by atoms with Crippen LogP contribution in [0.5, 0.6) is 0 Å². The normalized spacial score (nSPS) is 11.1. The molecule has 0 aliphatic rings. The van der Waals surface area contributed by atoms with Crippen LogP contribution in [0.25, 0.3) is 0 Å². The van der Waals surface area contributed by atoms with E-state index in [9.17, 15) is 8.42 Å². The molecule has 1 aromatic heterocycles. The molecule has 0 fully saturated rings. The van der Waals surface area contributed by atoms with Crippen LogP contribution in [0.4, 0.5) is 11.5 Å². The quantitative estimate of drug-likeness (QED) is 0.890. The van der Waals surface area contributed by atoms with Crippen LogP contribution < -0.4 is 10.5 Å². The fourth-order valence-electron chi connectivity index (χ4n) is 1.82. The van der Waals surface area contributed by atoms with E-state index < -0.39 is 10.0 Å². The van der Waals surface area contributed by atoms with Gasteiger partial charge < -0.3 is 5.73 Å². The lowest BCUT2D eigenvalue weighted by atomic mass is 10.2. The van der Waals surface area contributed by atoms with E-state index in [2.05, 4.69) is 9.82 Å². The van der Waals surface area contributed by atoms with E-state index >= 15 is 0 Å². The summed E-state index contributed by atoms with van der Waals surface area (Å²) < 4.78 is 28.5. The van der Waals surface area contributed by atoms with Gasteiger partial charge in [0.2, 0.25) is 0 Å². The maximum Gasteiger partial charge on any atom is 0.267 e. The van der Waals surface area contributed by atoms with Crippen molar-refractivity contribution in [3.63, 3.8) is 0 Å². The number of nitrogens with one attached hydrogen (secondary N) is 1. The van der Waals surface area contributed by atoms with Gasteiger partial charge in [-0.15, -0.1) is 0 Å². The van der Waals surface area contributed by atoms with Crippen molar-refractivity contribution < 1.29 is 8.42 Å². The lowest BCUT2D eigenvalue weighted by Crippen LogP contribution is -2.15. The molecule has 21 heavy (non-hydrogen) atoms. The largest absolute Gasteiger partial charge is 0.381 e. The van der Waals surface area contributed by atoms with E-state index in [4.69, 9.17) is 22.6 Å². The van der Waals surface area contributed by atoms with Crippen molar-refractivity contribution in [3.05, 3.63) is 34.5 Å². The van der Waals surface area contributed by atoms with Crippen molar-refractivity contribution in [2.75, 3.05) is 10.5 Å². The monoisotopic (exact) mass is 325 g/mol. The second-order valence-electron chi connectivity index (χ2n) is 4.34. The summed E-state index contributed by atoms with van der Waals surface area (Å²) in [7, 11) is -2.36. The number of hydrogen-bond acceptors (Lipinski definition) is 5. The number of nitrogen functional groups attached to an aromatic ring is 1. The summed E-state index contributed by atoms with van der Waals surface area (Å²) in [5, 5.41) is 12.9. The van der Waals surface area contributed by atoms with Gasteiger partial charge in [0, 0.05) is 7.05 Å². The Kier molecular flexibility index (Phi) is 3.80. The molecule has 0 aliphatic carbocycles. The number of sulfonamides is 1. The van der Waals surface area contributed by atoms with Crippen molar-refractivity contribution >= 4 is 33.1 Å². The lowest BCUT2D eigenvalue weighted by Gasteiger charge is -2.10. The number of rotatable bonds is 3. The van der Waals surface area contributed by atoms with E-state index in [0.717, 1.165) is 0 Å². The molecule has 0 unspecified atom stereocenters. The summed E-state index contributed by atoms with van der Waals surface area (Å²) in [6.45, 7) is 1.59. The van der Waals surface area contributed by atoms with Gasteiger partial charge in [0.1, 0.15) is 0 Å². The second kappa shape index (κ2) is 5.27. The van der Waals surface area contributed by atoms with Crippen LogP contribution >= 0.6 is 11.6 Å². The van der Waals surface area contributed by atoms with Gasteiger partial charge in [-0.2, -0.15) is 10.4 Å².